The van der Waals surface area contributed by atoms with Gasteiger partial charge in [0, 0.05) is 0 Å². The third-order valence-corrected chi connectivity index (χ3v) is 2.40. The van der Waals surface area contributed by atoms with E-state index < -0.39 is 29.1 Å². The van der Waals surface area contributed by atoms with Gasteiger partial charge in [-0.05, 0) is 24.1 Å². The van der Waals surface area contributed by atoms with E-state index >= 15 is 0 Å². The van der Waals surface area contributed by atoms with Gasteiger partial charge >= 0.3 is 12.1 Å². The highest BCUT2D eigenvalue weighted by atomic mass is 19.4. The summed E-state index contributed by atoms with van der Waals surface area (Å²) in [5, 5.41) is 8.64. The van der Waals surface area contributed by atoms with Crippen LogP contribution in [-0.2, 0) is 10.3 Å². The van der Waals surface area contributed by atoms with Crippen molar-refractivity contribution in [2.45, 2.75) is 18.6 Å². The minimum Gasteiger partial charge on any atom is -0.479 e. The first-order chi connectivity index (χ1) is 7.60. The Morgan fingerprint density at radius 1 is 1.35 bits per heavy atom. The number of nitrogens with two attached hydrogens (primary N) is 1. The standard InChI is InChI=1S/C10H9F4NO2/c1-5-4-6(2-3-7(5)11)9(15,8(16)17)10(12,13)14/h2-4H,15H2,1H3,(H,16,17). The van der Waals surface area contributed by atoms with E-state index in [1.807, 2.05) is 0 Å². The Morgan fingerprint density at radius 2 is 1.88 bits per heavy atom. The van der Waals surface area contributed by atoms with Crippen LogP contribution in [0.4, 0.5) is 17.6 Å². The van der Waals surface area contributed by atoms with Gasteiger partial charge in [0.2, 0.25) is 5.54 Å². The van der Waals surface area contributed by atoms with E-state index in [1.165, 1.54) is 6.92 Å². The summed E-state index contributed by atoms with van der Waals surface area (Å²) < 4.78 is 50.9. The molecule has 0 bridgehead atoms. The fourth-order valence-corrected chi connectivity index (χ4v) is 1.30. The molecule has 0 radical (unpaired) electrons. The van der Waals surface area contributed by atoms with Crippen molar-refractivity contribution in [3.8, 4) is 0 Å². The van der Waals surface area contributed by atoms with Gasteiger partial charge in [-0.1, -0.05) is 12.1 Å². The molecule has 1 aromatic rings. The molecule has 1 aromatic carbocycles. The Hall–Kier alpha value is -1.63. The molecule has 94 valence electrons. The first kappa shape index (κ1) is 13.4. The van der Waals surface area contributed by atoms with Crippen LogP contribution in [0.2, 0.25) is 0 Å². The van der Waals surface area contributed by atoms with Crippen molar-refractivity contribution in [1.82, 2.24) is 0 Å². The fourth-order valence-electron chi connectivity index (χ4n) is 1.30. The van der Waals surface area contributed by atoms with Crippen LogP contribution in [0, 0.1) is 12.7 Å². The molecule has 0 saturated carbocycles. The topological polar surface area (TPSA) is 63.3 Å². The molecule has 1 rings (SSSR count). The number of carboxylic acids is 1. The smallest absolute Gasteiger partial charge is 0.421 e. The van der Waals surface area contributed by atoms with Gasteiger partial charge in [0.05, 0.1) is 0 Å². The highest BCUT2D eigenvalue weighted by molar-refractivity contribution is 5.81. The van der Waals surface area contributed by atoms with Crippen LogP contribution >= 0.6 is 0 Å². The maximum atomic E-state index is 12.9. The van der Waals surface area contributed by atoms with Gasteiger partial charge in [-0.15, -0.1) is 0 Å². The number of aliphatic carboxylic acids is 1. The van der Waals surface area contributed by atoms with Crippen LogP contribution in [0.25, 0.3) is 0 Å². The van der Waals surface area contributed by atoms with Crippen LogP contribution in [-0.4, -0.2) is 17.3 Å². The molecular weight excluding hydrogens is 242 g/mol. The average molecular weight is 251 g/mol. The molecule has 7 heteroatoms. The molecule has 17 heavy (non-hydrogen) atoms. The molecule has 3 nitrogen and oxygen atoms in total. The number of carbonyl (C=O) groups is 1. The van der Waals surface area contributed by atoms with E-state index in [2.05, 4.69) is 0 Å². The number of carboxylic acid groups (broad SMARTS) is 1. The number of alkyl halides is 3. The Morgan fingerprint density at radius 3 is 2.24 bits per heavy atom. The van der Waals surface area contributed by atoms with E-state index in [0.29, 0.717) is 6.07 Å². The fraction of sp³-hybridized carbons (Fsp3) is 0.300. The normalized spacial score (nSPS) is 15.4. The SMILES string of the molecule is Cc1cc(C(N)(C(=O)O)C(F)(F)F)ccc1F. The molecule has 0 saturated heterocycles. The van der Waals surface area contributed by atoms with Crippen molar-refractivity contribution in [2.24, 2.45) is 5.73 Å². The Balaban J connectivity index is 3.44. The second kappa shape index (κ2) is 3.99. The van der Waals surface area contributed by atoms with Gasteiger partial charge in [-0.25, -0.2) is 9.18 Å². The maximum Gasteiger partial charge on any atom is 0.421 e. The third-order valence-electron chi connectivity index (χ3n) is 2.40. The number of benzene rings is 1. The number of rotatable bonds is 2. The molecule has 0 fully saturated rings. The molecule has 0 aromatic heterocycles. The number of halogens is 4. The number of aryl methyl sites for hydroxylation is 1. The minimum absolute atomic E-state index is 0.108. The summed E-state index contributed by atoms with van der Waals surface area (Å²) in [6, 6.07) is 2.24. The summed E-state index contributed by atoms with van der Waals surface area (Å²) >= 11 is 0. The Bertz CT molecular complexity index is 458. The summed E-state index contributed by atoms with van der Waals surface area (Å²) in [5.74, 6) is -2.97. The lowest BCUT2D eigenvalue weighted by Crippen LogP contribution is -2.56. The van der Waals surface area contributed by atoms with E-state index in [-0.39, 0.29) is 5.56 Å². The number of hydrogen-bond donors (Lipinski definition) is 2. The molecule has 1 atom stereocenters. The van der Waals surface area contributed by atoms with Crippen LogP contribution < -0.4 is 5.73 Å². The van der Waals surface area contributed by atoms with E-state index in [9.17, 15) is 22.4 Å². The van der Waals surface area contributed by atoms with Crippen LogP contribution in [0.15, 0.2) is 18.2 Å². The van der Waals surface area contributed by atoms with Crippen LogP contribution in [0.5, 0.6) is 0 Å². The largest absolute Gasteiger partial charge is 0.479 e. The lowest BCUT2D eigenvalue weighted by molar-refractivity contribution is -0.204. The second-order valence-electron chi connectivity index (χ2n) is 3.57. The molecule has 0 spiro atoms. The molecule has 3 N–H and O–H groups in total. The number of hydrogen-bond acceptors (Lipinski definition) is 2. The second-order valence-corrected chi connectivity index (χ2v) is 3.57. The third kappa shape index (κ3) is 2.10. The predicted octanol–water partition coefficient (Wildman–Crippen LogP) is 1.94. The van der Waals surface area contributed by atoms with Crippen LogP contribution in [0.1, 0.15) is 11.1 Å². The van der Waals surface area contributed by atoms with Crippen molar-refractivity contribution in [2.75, 3.05) is 0 Å². The zero-order chi connectivity index (χ0) is 13.4. The lowest BCUT2D eigenvalue weighted by atomic mass is 9.89. The predicted molar refractivity (Wildman–Crippen MR) is 50.7 cm³/mol. The quantitative estimate of drug-likeness (QED) is 0.789. The van der Waals surface area contributed by atoms with Gasteiger partial charge in [0.15, 0.2) is 0 Å². The molecule has 0 aliphatic carbocycles. The van der Waals surface area contributed by atoms with Crippen molar-refractivity contribution in [1.29, 1.82) is 0 Å². The maximum absolute atomic E-state index is 12.9. The molecule has 1 unspecified atom stereocenters. The summed E-state index contributed by atoms with van der Waals surface area (Å²) in [5.41, 5.74) is 0.555. The Labute approximate surface area is 93.8 Å². The van der Waals surface area contributed by atoms with E-state index in [1.54, 1.807) is 0 Å². The lowest BCUT2D eigenvalue weighted by Gasteiger charge is -2.28. The monoisotopic (exact) mass is 251 g/mol. The molecule has 0 aliphatic rings. The van der Waals surface area contributed by atoms with Crippen molar-refractivity contribution in [3.63, 3.8) is 0 Å². The minimum atomic E-state index is -5.18. The zero-order valence-electron chi connectivity index (χ0n) is 8.68. The highest BCUT2D eigenvalue weighted by Gasteiger charge is 2.59. The van der Waals surface area contributed by atoms with Crippen molar-refractivity contribution < 1.29 is 27.5 Å². The van der Waals surface area contributed by atoms with Gasteiger partial charge < -0.3 is 10.8 Å². The Kier molecular flexibility index (Phi) is 3.15. The molecule has 0 heterocycles. The first-order valence-electron chi connectivity index (χ1n) is 4.46. The van der Waals surface area contributed by atoms with Crippen molar-refractivity contribution >= 4 is 5.97 Å². The molecule has 0 amide bonds. The zero-order valence-corrected chi connectivity index (χ0v) is 8.68. The summed E-state index contributed by atoms with van der Waals surface area (Å²) in [6.07, 6.45) is -5.18. The average Bonchev–Trinajstić information content (AvgIpc) is 2.19. The molecule has 0 aliphatic heterocycles. The summed E-state index contributed by atoms with van der Waals surface area (Å²) in [4.78, 5) is 10.7. The highest BCUT2D eigenvalue weighted by Crippen LogP contribution is 2.37. The van der Waals surface area contributed by atoms with Crippen molar-refractivity contribution in [3.05, 3.63) is 35.1 Å². The van der Waals surface area contributed by atoms with E-state index in [4.69, 9.17) is 10.8 Å². The van der Waals surface area contributed by atoms with Crippen LogP contribution in [0.3, 0.4) is 0 Å². The summed E-state index contributed by atoms with van der Waals surface area (Å²) in [6.45, 7) is 1.22. The van der Waals surface area contributed by atoms with E-state index in [0.717, 1.165) is 12.1 Å². The van der Waals surface area contributed by atoms with Gasteiger partial charge in [0.1, 0.15) is 5.82 Å². The van der Waals surface area contributed by atoms with Gasteiger partial charge in [0.25, 0.3) is 0 Å². The first-order valence-corrected chi connectivity index (χ1v) is 4.46. The van der Waals surface area contributed by atoms with Gasteiger partial charge in [-0.3, -0.25) is 0 Å². The summed E-state index contributed by atoms with van der Waals surface area (Å²) in [7, 11) is 0. The van der Waals surface area contributed by atoms with Gasteiger partial charge in [-0.2, -0.15) is 13.2 Å². The molecular formula is C10H9F4NO2.